The third-order valence-electron chi connectivity index (χ3n) is 3.19. The van der Waals surface area contributed by atoms with Crippen molar-refractivity contribution in [2.24, 2.45) is 0 Å². The Kier molecular flexibility index (Phi) is 5.91. The molecule has 1 amide bonds. The average Bonchev–Trinajstić information content (AvgIpc) is 2.53. The minimum absolute atomic E-state index is 0.0181. The van der Waals surface area contributed by atoms with Crippen LogP contribution in [0.25, 0.3) is 0 Å². The predicted molar refractivity (Wildman–Crippen MR) is 85.0 cm³/mol. The second kappa shape index (κ2) is 8.17. The van der Waals surface area contributed by atoms with Gasteiger partial charge >= 0.3 is 0 Å². The molecule has 0 saturated carbocycles. The van der Waals surface area contributed by atoms with Crippen LogP contribution in [0.2, 0.25) is 0 Å². The van der Waals surface area contributed by atoms with Crippen LogP contribution < -0.4 is 10.6 Å². The van der Waals surface area contributed by atoms with E-state index >= 15 is 0 Å². The number of carbonyl (C=O) groups excluding carboxylic acids is 1. The van der Waals surface area contributed by atoms with E-state index in [1.807, 2.05) is 42.5 Å². The molecule has 0 atom stereocenters. The zero-order chi connectivity index (χ0) is 14.9. The first kappa shape index (κ1) is 15.2. The number of aromatic nitrogens is 1. The average molecular weight is 283 g/mol. The number of carbonyl (C=O) groups is 1. The van der Waals surface area contributed by atoms with E-state index in [2.05, 4.69) is 22.5 Å². The van der Waals surface area contributed by atoms with E-state index in [-0.39, 0.29) is 5.91 Å². The molecule has 0 unspecified atom stereocenters. The third kappa shape index (κ3) is 5.00. The molecule has 1 heterocycles. The van der Waals surface area contributed by atoms with Gasteiger partial charge in [-0.1, -0.05) is 31.2 Å². The van der Waals surface area contributed by atoms with Crippen molar-refractivity contribution in [3.8, 4) is 0 Å². The van der Waals surface area contributed by atoms with Gasteiger partial charge in [-0.25, -0.2) is 0 Å². The monoisotopic (exact) mass is 283 g/mol. The van der Waals surface area contributed by atoms with Crippen molar-refractivity contribution in [1.29, 1.82) is 0 Å². The summed E-state index contributed by atoms with van der Waals surface area (Å²) in [6, 6.07) is 13.6. The Bertz CT molecular complexity index is 569. The van der Waals surface area contributed by atoms with E-state index < -0.39 is 0 Å². The second-order valence-corrected chi connectivity index (χ2v) is 4.81. The SMILES string of the molecule is CCNCc1ccccc1NC(=O)CCc1ccccn1. The minimum atomic E-state index is 0.0181. The first-order chi connectivity index (χ1) is 10.3. The molecule has 0 bridgehead atoms. The van der Waals surface area contributed by atoms with Crippen molar-refractivity contribution in [1.82, 2.24) is 10.3 Å². The highest BCUT2D eigenvalue weighted by Gasteiger charge is 2.07. The Morgan fingerprint density at radius 1 is 1.14 bits per heavy atom. The second-order valence-electron chi connectivity index (χ2n) is 4.81. The van der Waals surface area contributed by atoms with E-state index in [4.69, 9.17) is 0 Å². The fourth-order valence-electron chi connectivity index (χ4n) is 2.06. The molecule has 2 aromatic rings. The van der Waals surface area contributed by atoms with Gasteiger partial charge in [0.25, 0.3) is 0 Å². The quantitative estimate of drug-likeness (QED) is 0.821. The molecule has 2 N–H and O–H groups in total. The Morgan fingerprint density at radius 2 is 1.95 bits per heavy atom. The number of benzene rings is 1. The van der Waals surface area contributed by atoms with Crippen molar-refractivity contribution in [3.63, 3.8) is 0 Å². The topological polar surface area (TPSA) is 54.0 Å². The molecular formula is C17H21N3O. The lowest BCUT2D eigenvalue weighted by Crippen LogP contribution is -2.17. The zero-order valence-corrected chi connectivity index (χ0v) is 12.3. The first-order valence-corrected chi connectivity index (χ1v) is 7.28. The molecule has 0 aliphatic carbocycles. The van der Waals surface area contributed by atoms with Crippen molar-refractivity contribution in [2.75, 3.05) is 11.9 Å². The number of para-hydroxylation sites is 1. The van der Waals surface area contributed by atoms with Gasteiger partial charge in [0.1, 0.15) is 0 Å². The maximum atomic E-state index is 12.1. The van der Waals surface area contributed by atoms with Crippen LogP contribution in [-0.2, 0) is 17.8 Å². The molecule has 0 radical (unpaired) electrons. The maximum absolute atomic E-state index is 12.1. The van der Waals surface area contributed by atoms with Gasteiger partial charge in [-0.15, -0.1) is 0 Å². The maximum Gasteiger partial charge on any atom is 0.224 e. The van der Waals surface area contributed by atoms with E-state index in [9.17, 15) is 4.79 Å². The number of aryl methyl sites for hydroxylation is 1. The van der Waals surface area contributed by atoms with Crippen molar-refractivity contribution in [3.05, 3.63) is 59.9 Å². The molecular weight excluding hydrogens is 262 g/mol. The van der Waals surface area contributed by atoms with E-state index in [0.29, 0.717) is 12.8 Å². The molecule has 0 spiro atoms. The summed E-state index contributed by atoms with van der Waals surface area (Å²) >= 11 is 0. The Balaban J connectivity index is 1.90. The minimum Gasteiger partial charge on any atom is -0.326 e. The Hall–Kier alpha value is -2.20. The fraction of sp³-hybridized carbons (Fsp3) is 0.294. The fourth-order valence-corrected chi connectivity index (χ4v) is 2.06. The molecule has 0 saturated heterocycles. The van der Waals surface area contributed by atoms with Gasteiger partial charge in [0, 0.05) is 30.5 Å². The summed E-state index contributed by atoms with van der Waals surface area (Å²) < 4.78 is 0. The Labute approximate surface area is 125 Å². The molecule has 110 valence electrons. The summed E-state index contributed by atoms with van der Waals surface area (Å²) in [5.74, 6) is 0.0181. The summed E-state index contributed by atoms with van der Waals surface area (Å²) in [6.45, 7) is 3.73. The highest BCUT2D eigenvalue weighted by atomic mass is 16.1. The van der Waals surface area contributed by atoms with Gasteiger partial charge in [0.05, 0.1) is 0 Å². The van der Waals surface area contributed by atoms with E-state index in [1.54, 1.807) is 6.20 Å². The van der Waals surface area contributed by atoms with Crippen molar-refractivity contribution in [2.45, 2.75) is 26.3 Å². The van der Waals surface area contributed by atoms with Gasteiger partial charge in [0.2, 0.25) is 5.91 Å². The zero-order valence-electron chi connectivity index (χ0n) is 12.3. The highest BCUT2D eigenvalue weighted by Crippen LogP contribution is 2.15. The van der Waals surface area contributed by atoms with Gasteiger partial charge in [-0.3, -0.25) is 9.78 Å². The van der Waals surface area contributed by atoms with Crippen LogP contribution in [0.3, 0.4) is 0 Å². The number of anilines is 1. The molecule has 2 rings (SSSR count). The number of hydrogen-bond donors (Lipinski definition) is 2. The van der Waals surface area contributed by atoms with Crippen LogP contribution in [0, 0.1) is 0 Å². The van der Waals surface area contributed by atoms with Crippen molar-refractivity contribution >= 4 is 11.6 Å². The molecule has 0 fully saturated rings. The van der Waals surface area contributed by atoms with Crippen LogP contribution >= 0.6 is 0 Å². The number of hydrogen-bond acceptors (Lipinski definition) is 3. The molecule has 4 heteroatoms. The van der Waals surface area contributed by atoms with Gasteiger partial charge in [0.15, 0.2) is 0 Å². The standard InChI is InChI=1S/C17H21N3O/c1-2-18-13-14-7-3-4-9-16(14)20-17(21)11-10-15-8-5-6-12-19-15/h3-9,12,18H,2,10-11,13H2,1H3,(H,20,21). The summed E-state index contributed by atoms with van der Waals surface area (Å²) in [5.41, 5.74) is 2.92. The van der Waals surface area contributed by atoms with Crippen LogP contribution in [0.5, 0.6) is 0 Å². The number of amides is 1. The lowest BCUT2D eigenvalue weighted by atomic mass is 10.1. The van der Waals surface area contributed by atoms with Gasteiger partial charge < -0.3 is 10.6 Å². The molecule has 0 aliphatic heterocycles. The van der Waals surface area contributed by atoms with Crippen LogP contribution in [0.4, 0.5) is 5.69 Å². The highest BCUT2D eigenvalue weighted by molar-refractivity contribution is 5.91. The smallest absolute Gasteiger partial charge is 0.224 e. The van der Waals surface area contributed by atoms with Crippen LogP contribution in [-0.4, -0.2) is 17.4 Å². The molecule has 4 nitrogen and oxygen atoms in total. The molecule has 0 aliphatic rings. The van der Waals surface area contributed by atoms with Crippen LogP contribution in [0.15, 0.2) is 48.7 Å². The molecule has 21 heavy (non-hydrogen) atoms. The van der Waals surface area contributed by atoms with Gasteiger partial charge in [-0.05, 0) is 36.7 Å². The summed E-state index contributed by atoms with van der Waals surface area (Å²) in [5, 5.41) is 6.26. The van der Waals surface area contributed by atoms with Crippen molar-refractivity contribution < 1.29 is 4.79 Å². The van der Waals surface area contributed by atoms with Crippen LogP contribution in [0.1, 0.15) is 24.6 Å². The normalized spacial score (nSPS) is 10.3. The molecule has 1 aromatic heterocycles. The summed E-state index contributed by atoms with van der Waals surface area (Å²) in [7, 11) is 0. The molecule has 1 aromatic carbocycles. The number of nitrogens with zero attached hydrogens (tertiary/aromatic N) is 1. The van der Waals surface area contributed by atoms with E-state index in [1.165, 1.54) is 0 Å². The van der Waals surface area contributed by atoms with Gasteiger partial charge in [-0.2, -0.15) is 0 Å². The lowest BCUT2D eigenvalue weighted by Gasteiger charge is -2.11. The Morgan fingerprint density at radius 3 is 2.71 bits per heavy atom. The first-order valence-electron chi connectivity index (χ1n) is 7.28. The summed E-state index contributed by atoms with van der Waals surface area (Å²) in [4.78, 5) is 16.3. The largest absolute Gasteiger partial charge is 0.326 e. The van der Waals surface area contributed by atoms with E-state index in [0.717, 1.165) is 30.0 Å². The third-order valence-corrected chi connectivity index (χ3v) is 3.19. The predicted octanol–water partition coefficient (Wildman–Crippen LogP) is 2.76. The number of nitrogens with one attached hydrogen (secondary N) is 2. The summed E-state index contributed by atoms with van der Waals surface area (Å²) in [6.07, 6.45) is 2.84. The number of rotatable bonds is 7. The number of pyridine rings is 1. The lowest BCUT2D eigenvalue weighted by molar-refractivity contribution is -0.116.